The standard InChI is InChI=1S/C14H27N3O4/c1-12(13(19)20)16-7-9-17(10-8-16)14(21)15(2)6-4-3-5-11-18/h12,18H,3-11H2,1-2H3,(H,19,20). The number of nitrogens with zero attached hydrogens (tertiary/aromatic N) is 3. The second-order valence-corrected chi connectivity index (χ2v) is 5.53. The number of rotatable bonds is 7. The Morgan fingerprint density at radius 1 is 1.14 bits per heavy atom. The van der Waals surface area contributed by atoms with Crippen molar-refractivity contribution < 1.29 is 19.8 Å². The average Bonchev–Trinajstić information content (AvgIpc) is 2.50. The summed E-state index contributed by atoms with van der Waals surface area (Å²) >= 11 is 0. The lowest BCUT2D eigenvalue weighted by Gasteiger charge is -2.38. The Hall–Kier alpha value is -1.34. The van der Waals surface area contributed by atoms with Gasteiger partial charge in [0.25, 0.3) is 0 Å². The highest BCUT2D eigenvalue weighted by molar-refractivity contribution is 5.75. The van der Waals surface area contributed by atoms with E-state index in [0.717, 1.165) is 19.3 Å². The molecule has 1 unspecified atom stereocenters. The molecule has 0 aliphatic carbocycles. The third kappa shape index (κ3) is 5.51. The average molecular weight is 301 g/mol. The van der Waals surface area contributed by atoms with Crippen molar-refractivity contribution in [1.82, 2.24) is 14.7 Å². The molecule has 1 rings (SSSR count). The van der Waals surface area contributed by atoms with E-state index in [-0.39, 0.29) is 12.6 Å². The van der Waals surface area contributed by atoms with E-state index in [1.807, 2.05) is 4.90 Å². The second-order valence-electron chi connectivity index (χ2n) is 5.53. The van der Waals surface area contributed by atoms with Gasteiger partial charge < -0.3 is 20.0 Å². The first kappa shape index (κ1) is 17.7. The normalized spacial score (nSPS) is 17.6. The molecule has 2 N–H and O–H groups in total. The van der Waals surface area contributed by atoms with E-state index in [1.165, 1.54) is 0 Å². The number of aliphatic carboxylic acids is 1. The first-order chi connectivity index (χ1) is 9.97. The van der Waals surface area contributed by atoms with Crippen molar-refractivity contribution in [3.8, 4) is 0 Å². The molecule has 21 heavy (non-hydrogen) atoms. The Bertz CT molecular complexity index is 343. The van der Waals surface area contributed by atoms with Gasteiger partial charge in [-0.3, -0.25) is 9.69 Å². The number of unbranched alkanes of at least 4 members (excludes halogenated alkanes) is 2. The minimum Gasteiger partial charge on any atom is -0.480 e. The molecule has 2 amide bonds. The van der Waals surface area contributed by atoms with E-state index in [9.17, 15) is 9.59 Å². The number of carbonyl (C=O) groups excluding carboxylic acids is 1. The van der Waals surface area contributed by atoms with Gasteiger partial charge in [0.2, 0.25) is 0 Å². The van der Waals surface area contributed by atoms with Crippen LogP contribution in [0.1, 0.15) is 26.2 Å². The highest BCUT2D eigenvalue weighted by atomic mass is 16.4. The monoisotopic (exact) mass is 301 g/mol. The van der Waals surface area contributed by atoms with Crippen LogP contribution in [0.2, 0.25) is 0 Å². The van der Waals surface area contributed by atoms with Crippen LogP contribution in [0.25, 0.3) is 0 Å². The van der Waals surface area contributed by atoms with Crippen molar-refractivity contribution in [3.05, 3.63) is 0 Å². The van der Waals surface area contributed by atoms with Gasteiger partial charge in [0.15, 0.2) is 0 Å². The van der Waals surface area contributed by atoms with Crippen LogP contribution in [0.3, 0.4) is 0 Å². The van der Waals surface area contributed by atoms with Gasteiger partial charge >= 0.3 is 12.0 Å². The van der Waals surface area contributed by atoms with E-state index in [2.05, 4.69) is 0 Å². The summed E-state index contributed by atoms with van der Waals surface area (Å²) in [7, 11) is 1.79. The molecule has 7 heteroatoms. The fourth-order valence-electron chi connectivity index (χ4n) is 2.43. The number of hydrogen-bond donors (Lipinski definition) is 2. The number of aliphatic hydroxyl groups excluding tert-OH is 1. The number of urea groups is 1. The first-order valence-corrected chi connectivity index (χ1v) is 7.55. The Morgan fingerprint density at radius 2 is 1.76 bits per heavy atom. The van der Waals surface area contributed by atoms with Crippen molar-refractivity contribution in [2.24, 2.45) is 0 Å². The molecule has 1 heterocycles. The van der Waals surface area contributed by atoms with E-state index >= 15 is 0 Å². The molecule has 0 aromatic heterocycles. The van der Waals surface area contributed by atoms with Gasteiger partial charge in [0.1, 0.15) is 6.04 Å². The Balaban J connectivity index is 2.32. The Kier molecular flexibility index (Phi) is 7.45. The molecular formula is C14H27N3O4. The molecule has 7 nitrogen and oxygen atoms in total. The number of amides is 2. The van der Waals surface area contributed by atoms with Crippen LogP contribution >= 0.6 is 0 Å². The van der Waals surface area contributed by atoms with Crippen LogP contribution in [0.4, 0.5) is 4.79 Å². The van der Waals surface area contributed by atoms with Gasteiger partial charge in [-0.2, -0.15) is 0 Å². The topological polar surface area (TPSA) is 84.3 Å². The van der Waals surface area contributed by atoms with E-state index in [4.69, 9.17) is 10.2 Å². The lowest BCUT2D eigenvalue weighted by molar-refractivity contribution is -0.143. The van der Waals surface area contributed by atoms with Crippen molar-refractivity contribution in [2.45, 2.75) is 32.2 Å². The van der Waals surface area contributed by atoms with Crippen molar-refractivity contribution in [2.75, 3.05) is 46.4 Å². The first-order valence-electron chi connectivity index (χ1n) is 7.55. The third-order valence-electron chi connectivity index (χ3n) is 3.97. The van der Waals surface area contributed by atoms with Crippen LogP contribution in [-0.2, 0) is 4.79 Å². The molecule has 1 atom stereocenters. The second kappa shape index (κ2) is 8.84. The fourth-order valence-corrected chi connectivity index (χ4v) is 2.43. The van der Waals surface area contributed by atoms with Crippen molar-refractivity contribution >= 4 is 12.0 Å². The largest absolute Gasteiger partial charge is 0.480 e. The summed E-state index contributed by atoms with van der Waals surface area (Å²) in [5.41, 5.74) is 0. The predicted molar refractivity (Wildman–Crippen MR) is 79.2 cm³/mol. The number of aliphatic hydroxyl groups is 1. The maximum Gasteiger partial charge on any atom is 0.320 e. The molecule has 0 bridgehead atoms. The summed E-state index contributed by atoms with van der Waals surface area (Å²) in [6, 6.07) is -0.500. The number of carboxylic acid groups (broad SMARTS) is 1. The lowest BCUT2D eigenvalue weighted by atomic mass is 10.2. The highest BCUT2D eigenvalue weighted by Gasteiger charge is 2.28. The van der Waals surface area contributed by atoms with Crippen LogP contribution in [-0.4, -0.2) is 89.3 Å². The summed E-state index contributed by atoms with van der Waals surface area (Å²) in [5, 5.41) is 17.7. The molecule has 0 aromatic rings. The molecule has 0 saturated carbocycles. The predicted octanol–water partition coefficient (Wildman–Crippen LogP) is 0.292. The molecule has 122 valence electrons. The SMILES string of the molecule is CC(C(=O)O)N1CCN(C(=O)N(C)CCCCCO)CC1. The molecule has 0 spiro atoms. The smallest absolute Gasteiger partial charge is 0.320 e. The zero-order valence-corrected chi connectivity index (χ0v) is 13.0. The van der Waals surface area contributed by atoms with Gasteiger partial charge in [-0.15, -0.1) is 0 Å². The quantitative estimate of drug-likeness (QED) is 0.660. The third-order valence-corrected chi connectivity index (χ3v) is 3.97. The zero-order valence-electron chi connectivity index (χ0n) is 13.0. The number of piperazine rings is 1. The van der Waals surface area contributed by atoms with E-state index in [1.54, 1.807) is 23.8 Å². The molecule has 0 radical (unpaired) electrons. The maximum absolute atomic E-state index is 12.2. The molecule has 1 aliphatic heterocycles. The van der Waals surface area contributed by atoms with Gasteiger partial charge in [0, 0.05) is 46.4 Å². The summed E-state index contributed by atoms with van der Waals surface area (Å²) in [5.74, 6) is -0.823. The van der Waals surface area contributed by atoms with E-state index < -0.39 is 12.0 Å². The van der Waals surface area contributed by atoms with E-state index in [0.29, 0.717) is 32.7 Å². The highest BCUT2D eigenvalue weighted by Crippen LogP contribution is 2.09. The number of carbonyl (C=O) groups is 2. The van der Waals surface area contributed by atoms with Crippen LogP contribution in [0.5, 0.6) is 0 Å². The molecule has 1 saturated heterocycles. The van der Waals surface area contributed by atoms with Crippen molar-refractivity contribution in [3.63, 3.8) is 0 Å². The van der Waals surface area contributed by atoms with Crippen LogP contribution in [0.15, 0.2) is 0 Å². The summed E-state index contributed by atoms with van der Waals surface area (Å²) in [6.45, 7) is 4.88. The van der Waals surface area contributed by atoms with Crippen LogP contribution in [0, 0.1) is 0 Å². The van der Waals surface area contributed by atoms with Crippen LogP contribution < -0.4 is 0 Å². The number of carboxylic acids is 1. The summed E-state index contributed by atoms with van der Waals surface area (Å²) in [4.78, 5) is 28.5. The lowest BCUT2D eigenvalue weighted by Crippen LogP contribution is -2.55. The van der Waals surface area contributed by atoms with Gasteiger partial charge in [0.05, 0.1) is 0 Å². The zero-order chi connectivity index (χ0) is 15.8. The molecule has 1 aliphatic rings. The fraction of sp³-hybridized carbons (Fsp3) is 0.857. The molecule has 1 fully saturated rings. The van der Waals surface area contributed by atoms with Gasteiger partial charge in [-0.25, -0.2) is 4.79 Å². The molecular weight excluding hydrogens is 274 g/mol. The number of hydrogen-bond acceptors (Lipinski definition) is 4. The minimum atomic E-state index is -0.823. The van der Waals surface area contributed by atoms with Crippen molar-refractivity contribution in [1.29, 1.82) is 0 Å². The maximum atomic E-state index is 12.2. The van der Waals surface area contributed by atoms with Gasteiger partial charge in [-0.05, 0) is 26.2 Å². The summed E-state index contributed by atoms with van der Waals surface area (Å²) < 4.78 is 0. The summed E-state index contributed by atoms with van der Waals surface area (Å²) in [6.07, 6.45) is 2.57. The Labute approximate surface area is 126 Å². The van der Waals surface area contributed by atoms with Gasteiger partial charge in [-0.1, -0.05) is 0 Å². The molecule has 0 aromatic carbocycles. The Morgan fingerprint density at radius 3 is 2.29 bits per heavy atom. The minimum absolute atomic E-state index is 0.00151.